The first-order valence-corrected chi connectivity index (χ1v) is 10.9. The first-order valence-electron chi connectivity index (χ1n) is 9.65. The van der Waals surface area contributed by atoms with Crippen LogP contribution < -0.4 is 0 Å². The average Bonchev–Trinajstić information content (AvgIpc) is 2.76. The second kappa shape index (κ2) is 10.1. The van der Waals surface area contributed by atoms with E-state index in [0.717, 1.165) is 0 Å². The Bertz CT molecular complexity index is 704. The third-order valence-corrected chi connectivity index (χ3v) is 7.17. The van der Waals surface area contributed by atoms with Crippen molar-refractivity contribution >= 4 is 10.8 Å². The Labute approximate surface area is 176 Å². The van der Waals surface area contributed by atoms with Gasteiger partial charge in [0.15, 0.2) is 6.29 Å². The molecular weight excluding hydrogens is 420 g/mol. The van der Waals surface area contributed by atoms with Gasteiger partial charge in [-0.05, 0) is 12.1 Å². The number of aliphatic hydroxyl groups is 6. The fourth-order valence-electron chi connectivity index (χ4n) is 3.54. The van der Waals surface area contributed by atoms with Gasteiger partial charge in [0.05, 0.1) is 30.1 Å². The lowest BCUT2D eigenvalue weighted by atomic mass is 9.94. The third-order valence-electron chi connectivity index (χ3n) is 5.47. The van der Waals surface area contributed by atoms with Gasteiger partial charge in [-0.2, -0.15) is 0 Å². The van der Waals surface area contributed by atoms with Gasteiger partial charge >= 0.3 is 0 Å². The summed E-state index contributed by atoms with van der Waals surface area (Å²) in [5, 5.41) is 59.8. The number of aliphatic hydroxyl groups excluding tert-OH is 6. The summed E-state index contributed by atoms with van der Waals surface area (Å²) in [5.74, 6) is -0.635. The minimum absolute atomic E-state index is 0.365. The molecule has 1 aromatic carbocycles. The molecule has 30 heavy (non-hydrogen) atoms. The highest BCUT2D eigenvalue weighted by Crippen LogP contribution is 2.31. The Balaban J connectivity index is 1.68. The average molecular weight is 448 g/mol. The predicted molar refractivity (Wildman–Crippen MR) is 102 cm³/mol. The molecule has 1 aromatic rings. The van der Waals surface area contributed by atoms with E-state index in [4.69, 9.17) is 14.2 Å². The predicted octanol–water partition coefficient (Wildman–Crippen LogP) is -2.31. The molecule has 0 bridgehead atoms. The van der Waals surface area contributed by atoms with Crippen LogP contribution in [-0.2, 0) is 25.0 Å². The summed E-state index contributed by atoms with van der Waals surface area (Å²) in [7, 11) is -1.62. The monoisotopic (exact) mass is 448 g/mol. The van der Waals surface area contributed by atoms with E-state index in [1.54, 1.807) is 37.3 Å². The van der Waals surface area contributed by atoms with Gasteiger partial charge in [-0.15, -0.1) is 0 Å². The van der Waals surface area contributed by atoms with Crippen molar-refractivity contribution in [1.82, 2.24) is 0 Å². The summed E-state index contributed by atoms with van der Waals surface area (Å²) >= 11 is 0. The first kappa shape index (κ1) is 23.7. The molecule has 0 aliphatic carbocycles. The molecule has 11 atom stereocenters. The molecule has 2 aliphatic heterocycles. The maximum Gasteiger partial charge on any atom is 0.186 e. The van der Waals surface area contributed by atoms with Crippen LogP contribution in [0, 0.1) is 5.92 Å². The van der Waals surface area contributed by atoms with Crippen molar-refractivity contribution in [1.29, 1.82) is 0 Å². The molecule has 10 nitrogen and oxygen atoms in total. The smallest absolute Gasteiger partial charge is 0.186 e. The Morgan fingerprint density at radius 2 is 1.53 bits per heavy atom. The summed E-state index contributed by atoms with van der Waals surface area (Å²) in [4.78, 5) is 0.506. The van der Waals surface area contributed by atoms with Crippen LogP contribution in [0.4, 0.5) is 0 Å². The lowest BCUT2D eigenvalue weighted by molar-refractivity contribution is -0.310. The molecule has 0 aromatic heterocycles. The summed E-state index contributed by atoms with van der Waals surface area (Å²) in [6.07, 6.45) is -11.0. The Kier molecular flexibility index (Phi) is 7.96. The zero-order valence-corrected chi connectivity index (χ0v) is 17.1. The minimum Gasteiger partial charge on any atom is -0.394 e. The van der Waals surface area contributed by atoms with Crippen molar-refractivity contribution in [2.24, 2.45) is 5.92 Å². The van der Waals surface area contributed by atoms with Gasteiger partial charge in [0.25, 0.3) is 0 Å². The number of hydrogen-bond acceptors (Lipinski definition) is 10. The van der Waals surface area contributed by atoms with Crippen LogP contribution in [0.5, 0.6) is 0 Å². The number of rotatable bonds is 6. The topological polar surface area (TPSA) is 166 Å². The highest BCUT2D eigenvalue weighted by molar-refractivity contribution is 7.85. The van der Waals surface area contributed by atoms with Crippen molar-refractivity contribution in [3.8, 4) is 0 Å². The fourth-order valence-corrected chi connectivity index (χ4v) is 5.02. The van der Waals surface area contributed by atoms with Crippen LogP contribution in [0.2, 0.25) is 0 Å². The molecule has 170 valence electrons. The van der Waals surface area contributed by atoms with Crippen LogP contribution in [0.25, 0.3) is 0 Å². The lowest BCUT2D eigenvalue weighted by Crippen LogP contribution is -2.60. The Hall–Kier alpha value is -0.990. The van der Waals surface area contributed by atoms with E-state index in [1.165, 1.54) is 0 Å². The fraction of sp³-hybridized carbons (Fsp3) is 0.684. The second-order valence-electron chi connectivity index (χ2n) is 7.52. The van der Waals surface area contributed by atoms with Gasteiger partial charge < -0.3 is 44.8 Å². The zero-order chi connectivity index (χ0) is 22.0. The summed E-state index contributed by atoms with van der Waals surface area (Å²) in [6.45, 7) is 0.645. The number of benzene rings is 1. The van der Waals surface area contributed by atoms with Crippen molar-refractivity contribution in [2.75, 3.05) is 13.2 Å². The summed E-state index contributed by atoms with van der Waals surface area (Å²) < 4.78 is 29.4. The van der Waals surface area contributed by atoms with Crippen LogP contribution in [0.3, 0.4) is 0 Å². The van der Waals surface area contributed by atoms with E-state index in [1.807, 2.05) is 0 Å². The van der Waals surface area contributed by atoms with E-state index >= 15 is 0 Å². The molecule has 2 saturated heterocycles. The molecule has 11 unspecified atom stereocenters. The molecule has 0 spiro atoms. The molecule has 2 fully saturated rings. The van der Waals surface area contributed by atoms with Crippen molar-refractivity contribution in [3.63, 3.8) is 0 Å². The second-order valence-corrected chi connectivity index (χ2v) is 9.06. The van der Waals surface area contributed by atoms with Crippen molar-refractivity contribution in [3.05, 3.63) is 30.3 Å². The van der Waals surface area contributed by atoms with Crippen molar-refractivity contribution in [2.45, 2.75) is 66.3 Å². The van der Waals surface area contributed by atoms with E-state index in [0.29, 0.717) is 4.90 Å². The van der Waals surface area contributed by atoms with Crippen LogP contribution in [-0.4, -0.2) is 103 Å². The molecule has 11 heteroatoms. The summed E-state index contributed by atoms with van der Waals surface area (Å²) in [6, 6.07) is 8.57. The Morgan fingerprint density at radius 3 is 2.17 bits per heavy atom. The molecule has 0 radical (unpaired) electrons. The highest BCUT2D eigenvalue weighted by atomic mass is 32.2. The molecule has 2 heterocycles. The molecule has 6 N–H and O–H groups in total. The Morgan fingerprint density at radius 1 is 0.900 bits per heavy atom. The minimum atomic E-state index is -1.62. The molecular formula is C19H28O10S. The molecule has 0 amide bonds. The first-order chi connectivity index (χ1) is 14.3. The van der Waals surface area contributed by atoms with Crippen molar-refractivity contribution < 1.29 is 49.1 Å². The van der Waals surface area contributed by atoms with Gasteiger partial charge in [0, 0.05) is 10.8 Å². The highest BCUT2D eigenvalue weighted by Gasteiger charge is 2.47. The van der Waals surface area contributed by atoms with Crippen LogP contribution in [0.1, 0.15) is 6.92 Å². The van der Waals surface area contributed by atoms with E-state index < -0.39 is 77.8 Å². The largest absolute Gasteiger partial charge is 0.394 e. The van der Waals surface area contributed by atoms with Gasteiger partial charge in [0.1, 0.15) is 42.1 Å². The maximum absolute atomic E-state index is 12.9. The number of ether oxygens (including phenoxy) is 3. The lowest BCUT2D eigenvalue weighted by Gasteiger charge is -2.43. The normalized spacial score (nSPS) is 43.3. The quantitative estimate of drug-likeness (QED) is 0.278. The molecule has 2 aliphatic rings. The van der Waals surface area contributed by atoms with Gasteiger partial charge in [-0.25, -0.2) is 0 Å². The van der Waals surface area contributed by atoms with E-state index in [-0.39, 0.29) is 6.61 Å². The SMILES string of the molecule is CC1C(O)C(O)C(COC2OC(CO)C(O)C(O)C2O)OC1S(=O)c1ccccc1. The molecule has 0 saturated carbocycles. The van der Waals surface area contributed by atoms with Gasteiger partial charge in [-0.3, -0.25) is 4.21 Å². The van der Waals surface area contributed by atoms with E-state index in [2.05, 4.69) is 0 Å². The summed E-state index contributed by atoms with van der Waals surface area (Å²) in [5.41, 5.74) is -0.922. The van der Waals surface area contributed by atoms with Gasteiger partial charge in [0.2, 0.25) is 0 Å². The standard InChI is InChI=1S/C19H28O10S/c1-9-13(21)15(23)12(29-19(9)30(26)10-5-3-2-4-6-10)8-27-18-17(25)16(24)14(22)11(7-20)28-18/h2-6,9,11-25H,7-8H2,1H3. The van der Waals surface area contributed by atoms with Gasteiger partial charge in [-0.1, -0.05) is 25.1 Å². The molecule has 3 rings (SSSR count). The number of hydrogen-bond donors (Lipinski definition) is 6. The zero-order valence-electron chi connectivity index (χ0n) is 16.3. The third kappa shape index (κ3) is 4.75. The van der Waals surface area contributed by atoms with Crippen LogP contribution >= 0.6 is 0 Å². The van der Waals surface area contributed by atoms with E-state index in [9.17, 15) is 34.8 Å². The van der Waals surface area contributed by atoms with Crippen LogP contribution in [0.15, 0.2) is 35.2 Å². The maximum atomic E-state index is 12.9.